The molecule has 0 aliphatic rings. The molecule has 2 nitrogen and oxygen atoms in total. The number of hydrogen-bond acceptors (Lipinski definition) is 2. The Balaban J connectivity index is 4.62. The molecule has 0 spiro atoms. The van der Waals surface area contributed by atoms with Crippen molar-refractivity contribution in [3.8, 4) is 0 Å². The second-order valence-electron chi connectivity index (χ2n) is 6.53. The van der Waals surface area contributed by atoms with Crippen LogP contribution in [0.3, 0.4) is 0 Å². The monoisotopic (exact) mass is 272 g/mol. The topological polar surface area (TPSA) is 18.5 Å². The molecule has 0 radical (unpaired) electrons. The van der Waals surface area contributed by atoms with Crippen LogP contribution in [0.4, 0.5) is 0 Å². The quantitative estimate of drug-likeness (QED) is 0.442. The average molecular weight is 272 g/mol. The molecule has 0 aliphatic heterocycles. The van der Waals surface area contributed by atoms with Crippen LogP contribution < -0.4 is 0 Å². The lowest BCUT2D eigenvalue weighted by Gasteiger charge is -2.35. The van der Waals surface area contributed by atoms with Gasteiger partial charge in [0.1, 0.15) is 0 Å². The summed E-state index contributed by atoms with van der Waals surface area (Å²) in [4.78, 5) is 0. The van der Waals surface area contributed by atoms with Gasteiger partial charge in [-0.15, -0.1) is 0 Å². The van der Waals surface area contributed by atoms with E-state index in [0.29, 0.717) is 11.8 Å². The van der Waals surface area contributed by atoms with Crippen LogP contribution in [0.25, 0.3) is 0 Å². The molecule has 0 aromatic heterocycles. The van der Waals surface area contributed by atoms with Gasteiger partial charge in [-0.3, -0.25) is 0 Å². The highest BCUT2D eigenvalue weighted by atomic mass is 16.7. The van der Waals surface area contributed by atoms with E-state index in [1.807, 2.05) is 0 Å². The highest BCUT2D eigenvalue weighted by molar-refractivity contribution is 4.71. The molecule has 0 atom stereocenters. The van der Waals surface area contributed by atoms with Gasteiger partial charge in [-0.05, 0) is 24.7 Å². The smallest absolute Gasteiger partial charge is 0.168 e. The van der Waals surface area contributed by atoms with Crippen molar-refractivity contribution in [3.05, 3.63) is 0 Å². The van der Waals surface area contributed by atoms with Crippen LogP contribution in [0.1, 0.15) is 80.1 Å². The first kappa shape index (κ1) is 18.9. The van der Waals surface area contributed by atoms with Crippen molar-refractivity contribution in [2.45, 2.75) is 85.9 Å². The van der Waals surface area contributed by atoms with Crippen molar-refractivity contribution in [1.29, 1.82) is 0 Å². The molecule has 2 heteroatoms. The Kier molecular flexibility index (Phi) is 10.6. The highest BCUT2D eigenvalue weighted by Crippen LogP contribution is 2.29. The fraction of sp³-hybridized carbons (Fsp3) is 1.00. The zero-order chi connectivity index (χ0) is 14.7. The SMILES string of the molecule is CCCCC(CCCC)(OCC(C)C)OCC(C)C. The van der Waals surface area contributed by atoms with Crippen molar-refractivity contribution in [2.75, 3.05) is 13.2 Å². The fourth-order valence-corrected chi connectivity index (χ4v) is 1.98. The van der Waals surface area contributed by atoms with E-state index in [9.17, 15) is 0 Å². The van der Waals surface area contributed by atoms with E-state index < -0.39 is 0 Å². The van der Waals surface area contributed by atoms with Crippen LogP contribution in [0.5, 0.6) is 0 Å². The summed E-state index contributed by atoms with van der Waals surface area (Å²) in [6.45, 7) is 14.9. The van der Waals surface area contributed by atoms with Gasteiger partial charge in [-0.25, -0.2) is 0 Å². The van der Waals surface area contributed by atoms with Crippen molar-refractivity contribution in [2.24, 2.45) is 11.8 Å². The van der Waals surface area contributed by atoms with Crippen LogP contribution in [0.2, 0.25) is 0 Å². The summed E-state index contributed by atoms with van der Waals surface area (Å²) in [6.07, 6.45) is 6.82. The highest BCUT2D eigenvalue weighted by Gasteiger charge is 2.31. The Hall–Kier alpha value is -0.0800. The van der Waals surface area contributed by atoms with E-state index in [0.717, 1.165) is 26.1 Å². The fourth-order valence-electron chi connectivity index (χ4n) is 1.98. The molecular weight excluding hydrogens is 236 g/mol. The van der Waals surface area contributed by atoms with E-state index >= 15 is 0 Å². The number of rotatable bonds is 12. The van der Waals surface area contributed by atoms with E-state index in [1.165, 1.54) is 25.7 Å². The lowest BCUT2D eigenvalue weighted by molar-refractivity contribution is -0.254. The van der Waals surface area contributed by atoms with Crippen LogP contribution >= 0.6 is 0 Å². The third kappa shape index (κ3) is 9.45. The number of ether oxygens (including phenoxy) is 2. The van der Waals surface area contributed by atoms with Crippen LogP contribution in [-0.4, -0.2) is 19.0 Å². The van der Waals surface area contributed by atoms with Crippen LogP contribution in [0, 0.1) is 11.8 Å². The first-order valence-electron chi connectivity index (χ1n) is 8.23. The summed E-state index contributed by atoms with van der Waals surface area (Å²) < 4.78 is 12.4. The van der Waals surface area contributed by atoms with E-state index in [4.69, 9.17) is 9.47 Å². The predicted molar refractivity (Wildman–Crippen MR) is 83.4 cm³/mol. The molecule has 0 unspecified atom stereocenters. The van der Waals surface area contributed by atoms with Crippen molar-refractivity contribution in [3.63, 3.8) is 0 Å². The lowest BCUT2D eigenvalue weighted by atomic mass is 10.0. The maximum Gasteiger partial charge on any atom is 0.168 e. The third-order valence-corrected chi connectivity index (χ3v) is 3.18. The largest absolute Gasteiger partial charge is 0.350 e. The van der Waals surface area contributed by atoms with Gasteiger partial charge in [0.05, 0.1) is 13.2 Å². The molecule has 0 aromatic rings. The first-order chi connectivity index (χ1) is 8.95. The lowest BCUT2D eigenvalue weighted by Crippen LogP contribution is -2.38. The predicted octanol–water partition coefficient (Wildman–Crippen LogP) is 5.41. The Labute approximate surface area is 121 Å². The maximum absolute atomic E-state index is 6.22. The number of hydrogen-bond donors (Lipinski definition) is 0. The Morgan fingerprint density at radius 2 is 1.11 bits per heavy atom. The first-order valence-corrected chi connectivity index (χ1v) is 8.23. The second-order valence-corrected chi connectivity index (χ2v) is 6.53. The van der Waals surface area contributed by atoms with Crippen LogP contribution in [0.15, 0.2) is 0 Å². The number of unbranched alkanes of at least 4 members (excludes halogenated alkanes) is 2. The van der Waals surface area contributed by atoms with E-state index in [2.05, 4.69) is 41.5 Å². The second kappa shape index (κ2) is 10.7. The van der Waals surface area contributed by atoms with Gasteiger partial charge in [0, 0.05) is 12.8 Å². The maximum atomic E-state index is 6.22. The molecule has 0 saturated heterocycles. The molecule has 0 amide bonds. The van der Waals surface area contributed by atoms with Gasteiger partial charge in [0.2, 0.25) is 0 Å². The van der Waals surface area contributed by atoms with Crippen molar-refractivity contribution < 1.29 is 9.47 Å². The summed E-state index contributed by atoms with van der Waals surface area (Å²) in [5, 5.41) is 0. The van der Waals surface area contributed by atoms with Gasteiger partial charge < -0.3 is 9.47 Å². The van der Waals surface area contributed by atoms with Gasteiger partial charge in [0.25, 0.3) is 0 Å². The minimum absolute atomic E-state index is 0.333. The minimum atomic E-state index is -0.333. The standard InChI is InChI=1S/C17H36O2/c1-7-9-11-17(12-10-8-2,18-13-15(3)4)19-14-16(5)6/h15-16H,7-14H2,1-6H3. The third-order valence-electron chi connectivity index (χ3n) is 3.18. The molecule has 0 aromatic carbocycles. The minimum Gasteiger partial charge on any atom is -0.350 e. The Morgan fingerprint density at radius 3 is 1.37 bits per heavy atom. The molecule has 0 bridgehead atoms. The van der Waals surface area contributed by atoms with Crippen molar-refractivity contribution in [1.82, 2.24) is 0 Å². The van der Waals surface area contributed by atoms with E-state index in [-0.39, 0.29) is 5.79 Å². The van der Waals surface area contributed by atoms with Crippen LogP contribution in [-0.2, 0) is 9.47 Å². The van der Waals surface area contributed by atoms with Gasteiger partial charge in [0.15, 0.2) is 5.79 Å². The molecule has 0 fully saturated rings. The summed E-state index contributed by atoms with van der Waals surface area (Å²) in [7, 11) is 0. The molecule has 0 N–H and O–H groups in total. The zero-order valence-electron chi connectivity index (χ0n) is 14.1. The normalized spacial score (nSPS) is 12.6. The Bertz CT molecular complexity index is 177. The molecular formula is C17H36O2. The molecule has 0 saturated carbocycles. The summed E-state index contributed by atoms with van der Waals surface area (Å²) >= 11 is 0. The van der Waals surface area contributed by atoms with Gasteiger partial charge in [-0.1, -0.05) is 54.4 Å². The molecule has 0 heterocycles. The summed E-state index contributed by atoms with van der Waals surface area (Å²) in [6, 6.07) is 0. The van der Waals surface area contributed by atoms with Gasteiger partial charge >= 0.3 is 0 Å². The van der Waals surface area contributed by atoms with Crippen molar-refractivity contribution >= 4 is 0 Å². The summed E-state index contributed by atoms with van der Waals surface area (Å²) in [5.41, 5.74) is 0. The van der Waals surface area contributed by atoms with Gasteiger partial charge in [-0.2, -0.15) is 0 Å². The molecule has 19 heavy (non-hydrogen) atoms. The zero-order valence-corrected chi connectivity index (χ0v) is 14.1. The summed E-state index contributed by atoms with van der Waals surface area (Å²) in [5.74, 6) is 0.788. The average Bonchev–Trinajstić information content (AvgIpc) is 2.37. The molecule has 0 rings (SSSR count). The molecule has 116 valence electrons. The Morgan fingerprint density at radius 1 is 0.737 bits per heavy atom. The van der Waals surface area contributed by atoms with E-state index in [1.54, 1.807) is 0 Å². The molecule has 0 aliphatic carbocycles.